The number of carbonyl (C=O) groups excluding carboxylic acids is 2. The molecule has 0 radical (unpaired) electrons. The minimum Gasteiger partial charge on any atom is -0.462 e. The van der Waals surface area contributed by atoms with Gasteiger partial charge in [0.25, 0.3) is 5.91 Å². The average molecular weight is 352 g/mol. The van der Waals surface area contributed by atoms with E-state index in [0.29, 0.717) is 23.4 Å². The van der Waals surface area contributed by atoms with Crippen LogP contribution in [0.4, 0.5) is 5.69 Å². The Balaban J connectivity index is 1.58. The molecule has 3 rings (SSSR count). The first-order valence-corrected chi connectivity index (χ1v) is 9.05. The number of anilines is 1. The molecule has 0 aromatic heterocycles. The molecule has 0 bridgehead atoms. The Morgan fingerprint density at radius 2 is 1.58 bits per heavy atom. The molecule has 5 heteroatoms. The molecule has 5 nitrogen and oxygen atoms in total. The number of esters is 1. The van der Waals surface area contributed by atoms with Crippen molar-refractivity contribution in [2.24, 2.45) is 0 Å². The standard InChI is InChI=1S/C21H24N2O3/c1-2-26-21(25)18-9-11-19(12-10-18)22-20(24)17-7-5-16(6-8-17)15-23-13-3-4-14-23/h5-12H,2-4,13-15H2,1H3,(H,22,24). The summed E-state index contributed by atoms with van der Waals surface area (Å²) in [6.07, 6.45) is 2.55. The van der Waals surface area contributed by atoms with Crippen LogP contribution in [0.15, 0.2) is 48.5 Å². The van der Waals surface area contributed by atoms with Crippen LogP contribution >= 0.6 is 0 Å². The van der Waals surface area contributed by atoms with Crippen molar-refractivity contribution >= 4 is 17.6 Å². The van der Waals surface area contributed by atoms with Crippen molar-refractivity contribution < 1.29 is 14.3 Å². The number of nitrogens with one attached hydrogen (secondary N) is 1. The molecule has 26 heavy (non-hydrogen) atoms. The Morgan fingerprint density at radius 1 is 0.962 bits per heavy atom. The molecular weight excluding hydrogens is 328 g/mol. The van der Waals surface area contributed by atoms with E-state index < -0.39 is 0 Å². The molecule has 1 amide bonds. The highest BCUT2D eigenvalue weighted by Gasteiger charge is 2.12. The van der Waals surface area contributed by atoms with Crippen LogP contribution in [0.1, 0.15) is 46.0 Å². The summed E-state index contributed by atoms with van der Waals surface area (Å²) < 4.78 is 4.95. The zero-order valence-electron chi connectivity index (χ0n) is 15.0. The predicted molar refractivity (Wildman–Crippen MR) is 101 cm³/mol. The molecule has 1 saturated heterocycles. The number of likely N-dealkylation sites (tertiary alicyclic amines) is 1. The number of benzene rings is 2. The molecule has 2 aromatic rings. The second-order valence-electron chi connectivity index (χ2n) is 6.43. The van der Waals surface area contributed by atoms with Crippen LogP contribution in [0.3, 0.4) is 0 Å². The second-order valence-corrected chi connectivity index (χ2v) is 6.43. The maximum atomic E-state index is 12.4. The molecule has 1 aliphatic rings. The summed E-state index contributed by atoms with van der Waals surface area (Å²) in [5.74, 6) is -0.527. The van der Waals surface area contributed by atoms with E-state index in [0.717, 1.165) is 19.6 Å². The van der Waals surface area contributed by atoms with E-state index in [-0.39, 0.29) is 11.9 Å². The molecule has 0 aliphatic carbocycles. The number of amides is 1. The van der Waals surface area contributed by atoms with E-state index in [9.17, 15) is 9.59 Å². The van der Waals surface area contributed by atoms with E-state index >= 15 is 0 Å². The van der Waals surface area contributed by atoms with Crippen molar-refractivity contribution in [3.8, 4) is 0 Å². The summed E-state index contributed by atoms with van der Waals surface area (Å²) >= 11 is 0. The highest BCUT2D eigenvalue weighted by atomic mass is 16.5. The van der Waals surface area contributed by atoms with Crippen molar-refractivity contribution in [2.45, 2.75) is 26.3 Å². The fourth-order valence-corrected chi connectivity index (χ4v) is 3.07. The Bertz CT molecular complexity index is 748. The Hall–Kier alpha value is -2.66. The first kappa shape index (κ1) is 18.1. The largest absolute Gasteiger partial charge is 0.462 e. The topological polar surface area (TPSA) is 58.6 Å². The smallest absolute Gasteiger partial charge is 0.338 e. The zero-order valence-corrected chi connectivity index (χ0v) is 15.0. The van der Waals surface area contributed by atoms with Crippen molar-refractivity contribution in [1.29, 1.82) is 0 Å². The molecule has 136 valence electrons. The van der Waals surface area contributed by atoms with Crippen molar-refractivity contribution in [2.75, 3.05) is 25.0 Å². The molecule has 1 fully saturated rings. The molecule has 0 atom stereocenters. The van der Waals surface area contributed by atoms with Gasteiger partial charge in [-0.1, -0.05) is 12.1 Å². The molecule has 1 aliphatic heterocycles. The van der Waals surface area contributed by atoms with E-state index in [1.165, 1.54) is 18.4 Å². The van der Waals surface area contributed by atoms with Gasteiger partial charge in [0, 0.05) is 17.8 Å². The normalized spacial score (nSPS) is 14.2. The maximum Gasteiger partial charge on any atom is 0.338 e. The van der Waals surface area contributed by atoms with Gasteiger partial charge >= 0.3 is 5.97 Å². The maximum absolute atomic E-state index is 12.4. The molecule has 0 saturated carbocycles. The Kier molecular flexibility index (Phi) is 6.02. The number of nitrogens with zero attached hydrogens (tertiary/aromatic N) is 1. The highest BCUT2D eigenvalue weighted by molar-refractivity contribution is 6.04. The lowest BCUT2D eigenvalue weighted by molar-refractivity contribution is 0.0526. The third-order valence-electron chi connectivity index (χ3n) is 4.47. The van der Waals surface area contributed by atoms with Gasteiger partial charge < -0.3 is 10.1 Å². The Morgan fingerprint density at radius 3 is 2.19 bits per heavy atom. The lowest BCUT2D eigenvalue weighted by Crippen LogP contribution is -2.18. The summed E-state index contributed by atoms with van der Waals surface area (Å²) in [6, 6.07) is 14.4. The van der Waals surface area contributed by atoms with Crippen LogP contribution in [0.25, 0.3) is 0 Å². The first-order valence-electron chi connectivity index (χ1n) is 9.05. The molecule has 1 N–H and O–H groups in total. The second kappa shape index (κ2) is 8.63. The third kappa shape index (κ3) is 4.70. The van der Waals surface area contributed by atoms with Gasteiger partial charge in [-0.2, -0.15) is 0 Å². The zero-order chi connectivity index (χ0) is 18.4. The van der Waals surface area contributed by atoms with Gasteiger partial charge in [0.05, 0.1) is 12.2 Å². The fourth-order valence-electron chi connectivity index (χ4n) is 3.07. The van der Waals surface area contributed by atoms with Gasteiger partial charge in [-0.05, 0) is 74.8 Å². The Labute approximate surface area is 154 Å². The summed E-state index contributed by atoms with van der Waals surface area (Å²) in [5.41, 5.74) is 2.95. The molecule has 0 unspecified atom stereocenters. The number of ether oxygens (including phenoxy) is 1. The third-order valence-corrected chi connectivity index (χ3v) is 4.47. The van der Waals surface area contributed by atoms with Crippen LogP contribution in [0.5, 0.6) is 0 Å². The number of rotatable bonds is 6. The number of hydrogen-bond donors (Lipinski definition) is 1. The minimum absolute atomic E-state index is 0.165. The quantitative estimate of drug-likeness (QED) is 0.805. The minimum atomic E-state index is -0.362. The van der Waals surface area contributed by atoms with Crippen LogP contribution in [-0.2, 0) is 11.3 Å². The van der Waals surface area contributed by atoms with Crippen LogP contribution in [-0.4, -0.2) is 36.5 Å². The van der Waals surface area contributed by atoms with Crippen molar-refractivity contribution in [1.82, 2.24) is 4.90 Å². The lowest BCUT2D eigenvalue weighted by Gasteiger charge is -2.14. The first-order chi connectivity index (χ1) is 12.7. The van der Waals surface area contributed by atoms with E-state index in [2.05, 4.69) is 10.2 Å². The molecular formula is C21H24N2O3. The van der Waals surface area contributed by atoms with Crippen molar-refractivity contribution in [3.63, 3.8) is 0 Å². The van der Waals surface area contributed by atoms with E-state index in [4.69, 9.17) is 4.74 Å². The molecule has 0 spiro atoms. The number of carbonyl (C=O) groups is 2. The van der Waals surface area contributed by atoms with Gasteiger partial charge in [0.2, 0.25) is 0 Å². The van der Waals surface area contributed by atoms with Gasteiger partial charge in [-0.15, -0.1) is 0 Å². The summed E-state index contributed by atoms with van der Waals surface area (Å²) in [5, 5.41) is 2.85. The average Bonchev–Trinajstić information content (AvgIpc) is 3.16. The van der Waals surface area contributed by atoms with E-state index in [1.54, 1.807) is 31.2 Å². The van der Waals surface area contributed by atoms with Gasteiger partial charge in [0.15, 0.2) is 0 Å². The molecule has 2 aromatic carbocycles. The summed E-state index contributed by atoms with van der Waals surface area (Å²) in [4.78, 5) is 26.5. The number of hydrogen-bond acceptors (Lipinski definition) is 4. The van der Waals surface area contributed by atoms with Crippen LogP contribution in [0, 0.1) is 0 Å². The van der Waals surface area contributed by atoms with Gasteiger partial charge in [0.1, 0.15) is 0 Å². The SMILES string of the molecule is CCOC(=O)c1ccc(NC(=O)c2ccc(CN3CCCC3)cc2)cc1. The van der Waals surface area contributed by atoms with Crippen LogP contribution < -0.4 is 5.32 Å². The molecule has 1 heterocycles. The van der Waals surface area contributed by atoms with E-state index in [1.807, 2.05) is 24.3 Å². The van der Waals surface area contributed by atoms with Gasteiger partial charge in [-0.3, -0.25) is 9.69 Å². The lowest BCUT2D eigenvalue weighted by atomic mass is 10.1. The monoisotopic (exact) mass is 352 g/mol. The summed E-state index contributed by atoms with van der Waals surface area (Å²) in [6.45, 7) is 5.36. The summed E-state index contributed by atoms with van der Waals surface area (Å²) in [7, 11) is 0. The fraction of sp³-hybridized carbons (Fsp3) is 0.333. The predicted octanol–water partition coefficient (Wildman–Crippen LogP) is 3.71. The van der Waals surface area contributed by atoms with Crippen molar-refractivity contribution in [3.05, 3.63) is 65.2 Å². The van der Waals surface area contributed by atoms with Gasteiger partial charge in [-0.25, -0.2) is 4.79 Å². The van der Waals surface area contributed by atoms with Crippen LogP contribution in [0.2, 0.25) is 0 Å². The highest BCUT2D eigenvalue weighted by Crippen LogP contribution is 2.15.